The van der Waals surface area contributed by atoms with E-state index in [4.69, 9.17) is 0 Å². The number of amides is 1. The van der Waals surface area contributed by atoms with Crippen LogP contribution in [0, 0.1) is 0 Å². The van der Waals surface area contributed by atoms with Gasteiger partial charge in [0.05, 0.1) is 16.7 Å². The molecule has 0 spiro atoms. The van der Waals surface area contributed by atoms with Crippen LogP contribution in [-0.4, -0.2) is 15.9 Å². The molecule has 3 rings (SSSR count). The summed E-state index contributed by atoms with van der Waals surface area (Å²) in [6.07, 6.45) is 30.0. The Hall–Kier alpha value is -2.49. The number of rotatable bonds is 21. The van der Waals surface area contributed by atoms with Gasteiger partial charge in [-0.2, -0.15) is 0 Å². The summed E-state index contributed by atoms with van der Waals surface area (Å²) in [7, 11) is 0. The third-order valence-electron chi connectivity index (χ3n) is 7.74. The molecule has 0 unspecified atom stereocenters. The van der Waals surface area contributed by atoms with Crippen molar-refractivity contribution in [1.82, 2.24) is 9.97 Å². The number of carbonyl (C=O) groups excluding carboxylic acids is 1. The fourth-order valence-electron chi connectivity index (χ4n) is 5.46. The van der Waals surface area contributed by atoms with Crippen LogP contribution in [0.4, 0.5) is 5.69 Å². The molecule has 1 aromatic carbocycles. The van der Waals surface area contributed by atoms with Crippen LogP contribution < -0.4 is 5.32 Å². The van der Waals surface area contributed by atoms with Crippen LogP contribution in [0.25, 0.3) is 21.8 Å². The fourth-order valence-corrected chi connectivity index (χ4v) is 5.46. The Morgan fingerprint density at radius 3 is 1.66 bits per heavy atom. The molecule has 2 heterocycles. The number of carbonyl (C=O) groups is 1. The summed E-state index contributed by atoms with van der Waals surface area (Å²) in [5.41, 5.74) is 2.54. The third-order valence-corrected chi connectivity index (χ3v) is 7.74. The van der Waals surface area contributed by atoms with E-state index < -0.39 is 0 Å². The smallest absolute Gasteiger partial charge is 0.224 e. The van der Waals surface area contributed by atoms with E-state index in [0.717, 1.165) is 40.3 Å². The van der Waals surface area contributed by atoms with Crippen molar-refractivity contribution < 1.29 is 4.79 Å². The third kappa shape index (κ3) is 11.1. The number of aromatic nitrogens is 2. The molecule has 1 amide bonds. The molecule has 4 heteroatoms. The zero-order chi connectivity index (χ0) is 26.7. The second kappa shape index (κ2) is 18.7. The van der Waals surface area contributed by atoms with Gasteiger partial charge in [-0.15, -0.1) is 0 Å². The lowest BCUT2D eigenvalue weighted by Gasteiger charge is -2.11. The molecule has 0 saturated carbocycles. The molecule has 38 heavy (non-hydrogen) atoms. The number of pyridine rings is 2. The van der Waals surface area contributed by atoms with Crippen LogP contribution in [0.2, 0.25) is 0 Å². The van der Waals surface area contributed by atoms with E-state index in [1.807, 2.05) is 30.3 Å². The van der Waals surface area contributed by atoms with Gasteiger partial charge >= 0.3 is 0 Å². The minimum Gasteiger partial charge on any atom is -0.325 e. The summed E-state index contributed by atoms with van der Waals surface area (Å²) in [4.78, 5) is 21.6. The highest BCUT2D eigenvalue weighted by molar-refractivity contribution is 6.11. The maximum atomic E-state index is 12.6. The van der Waals surface area contributed by atoms with Crippen LogP contribution in [0.3, 0.4) is 0 Å². The SMILES string of the molecule is CCCCCCCCCCCCCCCCCCCCCC(=O)Nc1cc2cccnc2c2ncccc12. The van der Waals surface area contributed by atoms with Gasteiger partial charge < -0.3 is 5.32 Å². The maximum absolute atomic E-state index is 12.6. The van der Waals surface area contributed by atoms with Crippen molar-refractivity contribution in [2.24, 2.45) is 0 Å². The van der Waals surface area contributed by atoms with E-state index in [0.29, 0.717) is 6.42 Å². The average molecular weight is 518 g/mol. The average Bonchev–Trinajstić information content (AvgIpc) is 2.94. The predicted octanol–water partition coefficient (Wildman–Crippen LogP) is 10.5. The highest BCUT2D eigenvalue weighted by Gasteiger charge is 2.10. The Morgan fingerprint density at radius 2 is 1.11 bits per heavy atom. The zero-order valence-corrected chi connectivity index (χ0v) is 24.0. The van der Waals surface area contributed by atoms with Gasteiger partial charge in [0.2, 0.25) is 5.91 Å². The number of nitrogens with one attached hydrogen (secondary N) is 1. The summed E-state index contributed by atoms with van der Waals surface area (Å²) < 4.78 is 0. The monoisotopic (exact) mass is 517 g/mol. The van der Waals surface area contributed by atoms with Gasteiger partial charge in [0.25, 0.3) is 0 Å². The number of fused-ring (bicyclic) bond motifs is 3. The first-order valence-electron chi connectivity index (χ1n) is 15.7. The van der Waals surface area contributed by atoms with Gasteiger partial charge in [-0.25, -0.2) is 0 Å². The van der Waals surface area contributed by atoms with E-state index in [9.17, 15) is 4.79 Å². The Bertz CT molecular complexity index is 1060. The van der Waals surface area contributed by atoms with E-state index in [1.54, 1.807) is 12.4 Å². The molecule has 3 aromatic rings. The zero-order valence-electron chi connectivity index (χ0n) is 24.0. The Labute approximate surface area is 231 Å². The molecular weight excluding hydrogens is 466 g/mol. The van der Waals surface area contributed by atoms with Crippen LogP contribution >= 0.6 is 0 Å². The van der Waals surface area contributed by atoms with Crippen LogP contribution in [0.5, 0.6) is 0 Å². The molecule has 0 atom stereocenters. The molecule has 0 radical (unpaired) electrons. The van der Waals surface area contributed by atoms with E-state index in [1.165, 1.54) is 109 Å². The van der Waals surface area contributed by atoms with Crippen LogP contribution in [-0.2, 0) is 4.79 Å². The molecule has 0 saturated heterocycles. The van der Waals surface area contributed by atoms with Crippen LogP contribution in [0.1, 0.15) is 135 Å². The second-order valence-electron chi connectivity index (χ2n) is 11.1. The second-order valence-corrected chi connectivity index (χ2v) is 11.1. The van der Waals surface area contributed by atoms with Gasteiger partial charge in [-0.05, 0) is 30.7 Å². The minimum absolute atomic E-state index is 0.0883. The first-order chi connectivity index (χ1) is 18.8. The molecule has 208 valence electrons. The lowest BCUT2D eigenvalue weighted by atomic mass is 10.0. The fraction of sp³-hybridized carbons (Fsp3) is 0.618. The number of benzene rings is 1. The quantitative estimate of drug-likeness (QED) is 0.113. The van der Waals surface area contributed by atoms with Gasteiger partial charge in [-0.3, -0.25) is 14.8 Å². The predicted molar refractivity (Wildman–Crippen MR) is 164 cm³/mol. The van der Waals surface area contributed by atoms with Crippen molar-refractivity contribution >= 4 is 33.4 Å². The summed E-state index contributed by atoms with van der Waals surface area (Å²) in [6, 6.07) is 9.86. The molecular formula is C34H51N3O. The van der Waals surface area contributed by atoms with Crippen molar-refractivity contribution in [3.8, 4) is 0 Å². The molecule has 4 nitrogen and oxygen atoms in total. The number of hydrogen-bond acceptors (Lipinski definition) is 3. The Balaban J connectivity index is 1.16. The van der Waals surface area contributed by atoms with Crippen molar-refractivity contribution in [3.05, 3.63) is 42.7 Å². The summed E-state index contributed by atoms with van der Waals surface area (Å²) in [5, 5.41) is 5.07. The highest BCUT2D eigenvalue weighted by Crippen LogP contribution is 2.29. The van der Waals surface area contributed by atoms with Gasteiger partial charge in [0.1, 0.15) is 0 Å². The van der Waals surface area contributed by atoms with Gasteiger partial charge in [-0.1, -0.05) is 129 Å². The summed E-state index contributed by atoms with van der Waals surface area (Å²) >= 11 is 0. The minimum atomic E-state index is 0.0883. The lowest BCUT2D eigenvalue weighted by Crippen LogP contribution is -2.11. The molecule has 2 aromatic heterocycles. The number of anilines is 1. The van der Waals surface area contributed by atoms with Gasteiger partial charge in [0.15, 0.2) is 0 Å². The molecule has 0 aliphatic heterocycles. The molecule has 0 aliphatic rings. The number of nitrogens with zero attached hydrogens (tertiary/aromatic N) is 2. The largest absolute Gasteiger partial charge is 0.325 e. The first-order valence-corrected chi connectivity index (χ1v) is 15.7. The molecule has 1 N–H and O–H groups in total. The Kier molecular flexibility index (Phi) is 14.8. The standard InChI is InChI=1S/C34H51N3O/c1-2-3-4-5-6-7-8-9-10-11-12-13-14-15-16-17-18-19-20-25-32(38)37-31-28-29-23-21-26-35-33(29)34-30(31)24-22-27-36-34/h21-24,26-28H,2-20,25H2,1H3,(H,37,38). The Morgan fingerprint density at radius 1 is 0.632 bits per heavy atom. The summed E-state index contributed by atoms with van der Waals surface area (Å²) in [6.45, 7) is 2.29. The first kappa shape index (κ1) is 30.1. The van der Waals surface area contributed by atoms with Crippen LogP contribution in [0.15, 0.2) is 42.7 Å². The molecule has 0 aliphatic carbocycles. The topological polar surface area (TPSA) is 54.9 Å². The lowest BCUT2D eigenvalue weighted by molar-refractivity contribution is -0.116. The normalized spacial score (nSPS) is 11.4. The van der Waals surface area contributed by atoms with E-state index >= 15 is 0 Å². The van der Waals surface area contributed by atoms with Crippen molar-refractivity contribution in [1.29, 1.82) is 0 Å². The molecule has 0 fully saturated rings. The number of hydrogen-bond donors (Lipinski definition) is 1. The van der Waals surface area contributed by atoms with Crippen molar-refractivity contribution in [3.63, 3.8) is 0 Å². The highest BCUT2D eigenvalue weighted by atomic mass is 16.1. The number of unbranched alkanes of at least 4 members (excludes halogenated alkanes) is 18. The van der Waals surface area contributed by atoms with Crippen molar-refractivity contribution in [2.75, 3.05) is 5.32 Å². The van der Waals surface area contributed by atoms with Crippen molar-refractivity contribution in [2.45, 2.75) is 135 Å². The maximum Gasteiger partial charge on any atom is 0.224 e. The van der Waals surface area contributed by atoms with Gasteiger partial charge in [0, 0.05) is 29.6 Å². The van der Waals surface area contributed by atoms with E-state index in [2.05, 4.69) is 22.2 Å². The molecule has 0 bridgehead atoms. The van der Waals surface area contributed by atoms with E-state index in [-0.39, 0.29) is 5.91 Å². The summed E-state index contributed by atoms with van der Waals surface area (Å²) in [5.74, 6) is 0.0883.